The van der Waals surface area contributed by atoms with Crippen molar-refractivity contribution in [1.82, 2.24) is 0 Å². The van der Waals surface area contributed by atoms with E-state index in [-0.39, 0.29) is 0 Å². The molecule has 0 spiro atoms. The Kier molecular flexibility index (Phi) is 5.66. The highest BCUT2D eigenvalue weighted by atomic mass is 31.2. The van der Waals surface area contributed by atoms with Crippen LogP contribution in [0.2, 0.25) is 0 Å². The lowest BCUT2D eigenvalue weighted by atomic mass is 10.4. The highest BCUT2D eigenvalue weighted by Crippen LogP contribution is 2.46. The van der Waals surface area contributed by atoms with Gasteiger partial charge < -0.3 is 9.13 Å². The normalized spacial score (nSPS) is 15.8. The van der Waals surface area contributed by atoms with Crippen molar-refractivity contribution < 1.29 is 9.13 Å². The van der Waals surface area contributed by atoms with Gasteiger partial charge in [0.25, 0.3) is 0 Å². The van der Waals surface area contributed by atoms with Gasteiger partial charge in [-0.05, 0) is 6.07 Å². The predicted octanol–water partition coefficient (Wildman–Crippen LogP) is 4.35. The molecule has 0 radical (unpaired) electrons. The van der Waals surface area contributed by atoms with Gasteiger partial charge in [-0.25, -0.2) is 0 Å². The molecule has 26 heavy (non-hydrogen) atoms. The highest BCUT2D eigenvalue weighted by Gasteiger charge is 2.29. The maximum Gasteiger partial charge on any atom is 0.143 e. The van der Waals surface area contributed by atoms with Crippen LogP contribution in [0.4, 0.5) is 0 Å². The molecule has 0 aliphatic carbocycles. The lowest BCUT2D eigenvalue weighted by Crippen LogP contribution is -2.24. The number of benzene rings is 3. The predicted molar refractivity (Wildman–Crippen MR) is 114 cm³/mol. The van der Waals surface area contributed by atoms with Gasteiger partial charge in [-0.3, -0.25) is 0 Å². The summed E-state index contributed by atoms with van der Waals surface area (Å²) >= 11 is 0. The van der Waals surface area contributed by atoms with Crippen LogP contribution in [0.25, 0.3) is 0 Å². The Hall–Kier alpha value is -1.88. The van der Waals surface area contributed by atoms with Crippen LogP contribution in [0.1, 0.15) is 13.8 Å². The van der Waals surface area contributed by atoms with Crippen molar-refractivity contribution in [2.24, 2.45) is 0 Å². The van der Waals surface area contributed by atoms with Crippen molar-refractivity contribution in [2.75, 3.05) is 12.3 Å². The van der Waals surface area contributed by atoms with E-state index < -0.39 is 14.3 Å². The van der Waals surface area contributed by atoms with Gasteiger partial charge in [0, 0.05) is 33.5 Å². The second kappa shape index (κ2) is 7.78. The Morgan fingerprint density at radius 1 is 0.538 bits per heavy atom. The number of hydrogen-bond donors (Lipinski definition) is 0. The molecule has 0 N–H and O–H groups in total. The molecule has 2 unspecified atom stereocenters. The molecular formula is C22H24O2P2. The van der Waals surface area contributed by atoms with E-state index in [0.717, 1.165) is 21.2 Å². The van der Waals surface area contributed by atoms with Crippen molar-refractivity contribution in [3.8, 4) is 0 Å². The van der Waals surface area contributed by atoms with E-state index in [1.165, 1.54) is 0 Å². The second-order valence-electron chi connectivity index (χ2n) is 6.30. The van der Waals surface area contributed by atoms with E-state index in [2.05, 4.69) is 0 Å². The van der Waals surface area contributed by atoms with Gasteiger partial charge in [0.1, 0.15) is 14.3 Å². The maximum atomic E-state index is 13.8. The largest absolute Gasteiger partial charge is 0.314 e. The zero-order valence-electron chi connectivity index (χ0n) is 15.2. The van der Waals surface area contributed by atoms with Gasteiger partial charge in [-0.15, -0.1) is 0 Å². The summed E-state index contributed by atoms with van der Waals surface area (Å²) in [4.78, 5) is 0. The summed E-state index contributed by atoms with van der Waals surface area (Å²) in [6.07, 6.45) is 1.09. The fraction of sp³-hybridized carbons (Fsp3) is 0.182. The molecule has 0 aliphatic rings. The molecule has 0 saturated heterocycles. The van der Waals surface area contributed by atoms with E-state index in [1.54, 1.807) is 0 Å². The Balaban J connectivity index is 2.14. The van der Waals surface area contributed by atoms with Crippen LogP contribution in [-0.2, 0) is 9.13 Å². The van der Waals surface area contributed by atoms with Gasteiger partial charge in [0.2, 0.25) is 0 Å². The summed E-state index contributed by atoms with van der Waals surface area (Å²) in [7, 11) is -5.45. The second-order valence-corrected chi connectivity index (χ2v) is 12.6. The molecular weight excluding hydrogens is 358 g/mol. The summed E-state index contributed by atoms with van der Waals surface area (Å²) in [6.45, 7) is 3.91. The first-order valence-electron chi connectivity index (χ1n) is 8.95. The molecule has 0 amide bonds. The minimum atomic E-state index is -2.72. The first kappa shape index (κ1) is 18.9. The Morgan fingerprint density at radius 3 is 1.23 bits per heavy atom. The van der Waals surface area contributed by atoms with Crippen LogP contribution in [0.3, 0.4) is 0 Å². The quantitative estimate of drug-likeness (QED) is 0.594. The fourth-order valence-corrected chi connectivity index (χ4v) is 8.12. The summed E-state index contributed by atoms with van der Waals surface area (Å²) < 4.78 is 27.6. The average Bonchev–Trinajstić information content (AvgIpc) is 2.74. The summed E-state index contributed by atoms with van der Waals surface area (Å²) in [5.41, 5.74) is 0. The van der Waals surface area contributed by atoms with E-state index in [4.69, 9.17) is 0 Å². The van der Waals surface area contributed by atoms with Gasteiger partial charge in [-0.2, -0.15) is 0 Å². The first-order valence-corrected chi connectivity index (χ1v) is 12.7. The highest BCUT2D eigenvalue weighted by molar-refractivity contribution is 7.80. The monoisotopic (exact) mass is 382 g/mol. The number of hydrogen-bond acceptors (Lipinski definition) is 2. The lowest BCUT2D eigenvalue weighted by Gasteiger charge is -2.21. The third-order valence-electron chi connectivity index (χ3n) is 4.90. The standard InChI is InChI=1S/C22H24O2P2/c1-3-25(23,19-12-7-5-8-13-19)21-16-11-17-22(18-21)26(24,4-2)20-14-9-6-10-15-20/h5-18H,3-4H2,1-2H3. The Labute approximate surface area is 156 Å². The van der Waals surface area contributed by atoms with Crippen molar-refractivity contribution >= 4 is 35.5 Å². The third kappa shape index (κ3) is 3.37. The minimum Gasteiger partial charge on any atom is -0.314 e. The average molecular weight is 382 g/mol. The lowest BCUT2D eigenvalue weighted by molar-refractivity contribution is 0.587. The number of rotatable bonds is 6. The summed E-state index contributed by atoms with van der Waals surface area (Å²) in [6, 6.07) is 26.9. The van der Waals surface area contributed by atoms with Crippen LogP contribution in [0, 0.1) is 0 Å². The van der Waals surface area contributed by atoms with E-state index in [0.29, 0.717) is 12.3 Å². The van der Waals surface area contributed by atoms with Crippen LogP contribution in [0.5, 0.6) is 0 Å². The molecule has 4 heteroatoms. The van der Waals surface area contributed by atoms with E-state index in [9.17, 15) is 9.13 Å². The molecule has 0 heterocycles. The van der Waals surface area contributed by atoms with Crippen LogP contribution in [0.15, 0.2) is 84.9 Å². The molecule has 3 aromatic carbocycles. The fourth-order valence-electron chi connectivity index (χ4n) is 3.31. The topological polar surface area (TPSA) is 34.1 Å². The molecule has 0 bridgehead atoms. The summed E-state index contributed by atoms with van der Waals surface area (Å²) in [5, 5.41) is 3.28. The smallest absolute Gasteiger partial charge is 0.143 e. The van der Waals surface area contributed by atoms with Gasteiger partial charge in [-0.1, -0.05) is 92.7 Å². The molecule has 0 saturated carbocycles. The molecule has 2 nitrogen and oxygen atoms in total. The first-order chi connectivity index (χ1) is 12.5. The zero-order valence-corrected chi connectivity index (χ0v) is 17.0. The molecule has 3 rings (SSSR count). The molecule has 3 aromatic rings. The maximum absolute atomic E-state index is 13.8. The van der Waals surface area contributed by atoms with Crippen molar-refractivity contribution in [3.05, 3.63) is 84.9 Å². The van der Waals surface area contributed by atoms with Crippen molar-refractivity contribution in [2.45, 2.75) is 13.8 Å². The van der Waals surface area contributed by atoms with Gasteiger partial charge in [0.05, 0.1) is 0 Å². The summed E-state index contributed by atoms with van der Waals surface area (Å²) in [5.74, 6) is 0. The van der Waals surface area contributed by atoms with Crippen molar-refractivity contribution in [3.63, 3.8) is 0 Å². The molecule has 2 atom stereocenters. The SMILES string of the molecule is CCP(=O)(c1ccccc1)c1cccc(P(=O)(CC)c2ccccc2)c1. The van der Waals surface area contributed by atoms with Gasteiger partial charge >= 0.3 is 0 Å². The molecule has 0 aliphatic heterocycles. The molecule has 134 valence electrons. The van der Waals surface area contributed by atoms with Gasteiger partial charge in [0.15, 0.2) is 0 Å². The Bertz CT molecular complexity index is 889. The third-order valence-corrected chi connectivity index (χ3v) is 11.2. The molecule has 0 aromatic heterocycles. The van der Waals surface area contributed by atoms with Crippen LogP contribution < -0.4 is 21.2 Å². The Morgan fingerprint density at radius 2 is 0.885 bits per heavy atom. The van der Waals surface area contributed by atoms with E-state index >= 15 is 0 Å². The zero-order chi connectivity index (χ0) is 18.6. The minimum absolute atomic E-state index is 0.544. The molecule has 0 fully saturated rings. The van der Waals surface area contributed by atoms with Crippen LogP contribution in [-0.4, -0.2) is 12.3 Å². The van der Waals surface area contributed by atoms with Crippen LogP contribution >= 0.6 is 14.3 Å². The van der Waals surface area contributed by atoms with Crippen molar-refractivity contribution in [1.29, 1.82) is 0 Å². The van der Waals surface area contributed by atoms with E-state index in [1.807, 2.05) is 98.8 Å².